The zero-order valence-electron chi connectivity index (χ0n) is 7.90. The molecule has 4 heteroatoms. The summed E-state index contributed by atoms with van der Waals surface area (Å²) in [5.41, 5.74) is 2.26. The molecule has 72 valence electrons. The molecule has 0 fully saturated rings. The molecular weight excluding hydrogens is 198 g/mol. The van der Waals surface area contributed by atoms with Crippen LogP contribution in [0, 0.1) is 24.0 Å². The van der Waals surface area contributed by atoms with Gasteiger partial charge in [-0.25, -0.2) is 0 Å². The fourth-order valence-corrected chi connectivity index (χ4v) is 2.54. The fraction of sp³-hybridized carbons (Fsp3) is 0.200. The van der Waals surface area contributed by atoms with E-state index in [2.05, 4.69) is 0 Å². The monoisotopic (exact) mass is 207 g/mol. The van der Waals surface area contributed by atoms with E-state index in [0.717, 1.165) is 21.2 Å². The third kappa shape index (κ3) is 1.28. The molecule has 2 aromatic rings. The molecule has 0 aliphatic carbocycles. The number of rotatable bonds is 1. The van der Waals surface area contributed by atoms with Crippen molar-refractivity contribution in [2.75, 3.05) is 0 Å². The first-order chi connectivity index (χ1) is 6.59. The van der Waals surface area contributed by atoms with Gasteiger partial charge >= 0.3 is 0 Å². The Morgan fingerprint density at radius 3 is 2.71 bits per heavy atom. The van der Waals surface area contributed by atoms with E-state index in [0.29, 0.717) is 0 Å². The summed E-state index contributed by atoms with van der Waals surface area (Å²) in [6, 6.07) is 3.62. The molecule has 0 saturated heterocycles. The van der Waals surface area contributed by atoms with Gasteiger partial charge in [0.2, 0.25) is 0 Å². The molecule has 0 N–H and O–H groups in total. The van der Waals surface area contributed by atoms with Gasteiger partial charge in [0.15, 0.2) is 0 Å². The number of thiophene rings is 1. The summed E-state index contributed by atoms with van der Waals surface area (Å²) >= 11 is 1.44. The molecule has 0 amide bonds. The van der Waals surface area contributed by atoms with Gasteiger partial charge in [-0.3, -0.25) is 10.1 Å². The van der Waals surface area contributed by atoms with E-state index < -0.39 is 0 Å². The van der Waals surface area contributed by atoms with Crippen LogP contribution in [0.4, 0.5) is 5.69 Å². The SMILES string of the molecule is Cc1cc([N+](=O)[O-])c2scc(C)c2c1. The Kier molecular flexibility index (Phi) is 2.00. The number of benzene rings is 1. The molecule has 0 unspecified atom stereocenters. The number of aryl methyl sites for hydroxylation is 2. The Hall–Kier alpha value is -1.42. The summed E-state index contributed by atoms with van der Waals surface area (Å²) in [4.78, 5) is 10.5. The highest BCUT2D eigenvalue weighted by Gasteiger charge is 2.15. The topological polar surface area (TPSA) is 43.1 Å². The van der Waals surface area contributed by atoms with Crippen molar-refractivity contribution in [2.45, 2.75) is 13.8 Å². The first kappa shape index (κ1) is 9.15. The highest BCUT2D eigenvalue weighted by atomic mass is 32.1. The number of nitro benzene ring substituents is 1. The number of fused-ring (bicyclic) bond motifs is 1. The lowest BCUT2D eigenvalue weighted by atomic mass is 10.1. The predicted molar refractivity (Wildman–Crippen MR) is 58.0 cm³/mol. The molecule has 1 heterocycles. The molecule has 2 rings (SSSR count). The smallest absolute Gasteiger partial charge is 0.258 e. The van der Waals surface area contributed by atoms with Crippen molar-refractivity contribution in [1.82, 2.24) is 0 Å². The minimum Gasteiger partial charge on any atom is -0.258 e. The molecule has 1 aromatic carbocycles. The van der Waals surface area contributed by atoms with Crippen LogP contribution < -0.4 is 0 Å². The Labute approximate surface area is 85.1 Å². The average molecular weight is 207 g/mol. The van der Waals surface area contributed by atoms with Crippen molar-refractivity contribution in [3.8, 4) is 0 Å². The molecular formula is C10H9NO2S. The third-order valence-electron chi connectivity index (χ3n) is 2.19. The van der Waals surface area contributed by atoms with Gasteiger partial charge in [0.05, 0.1) is 4.92 Å². The summed E-state index contributed by atoms with van der Waals surface area (Å²) in [6.07, 6.45) is 0. The van der Waals surface area contributed by atoms with Crippen LogP contribution in [0.1, 0.15) is 11.1 Å². The average Bonchev–Trinajstić information content (AvgIpc) is 2.47. The van der Waals surface area contributed by atoms with Gasteiger partial charge in [-0.1, -0.05) is 0 Å². The van der Waals surface area contributed by atoms with E-state index in [1.165, 1.54) is 11.3 Å². The third-order valence-corrected chi connectivity index (χ3v) is 3.32. The Morgan fingerprint density at radius 2 is 2.07 bits per heavy atom. The van der Waals surface area contributed by atoms with Crippen molar-refractivity contribution in [2.24, 2.45) is 0 Å². The normalized spacial score (nSPS) is 10.7. The van der Waals surface area contributed by atoms with E-state index >= 15 is 0 Å². The van der Waals surface area contributed by atoms with E-state index in [1.54, 1.807) is 6.07 Å². The molecule has 0 spiro atoms. The molecule has 0 radical (unpaired) electrons. The zero-order chi connectivity index (χ0) is 10.3. The minimum absolute atomic E-state index is 0.220. The second-order valence-electron chi connectivity index (χ2n) is 3.34. The molecule has 0 aliphatic rings. The first-order valence-corrected chi connectivity index (χ1v) is 5.10. The van der Waals surface area contributed by atoms with Gasteiger partial charge in [0.25, 0.3) is 5.69 Å². The summed E-state index contributed by atoms with van der Waals surface area (Å²) in [7, 11) is 0. The lowest BCUT2D eigenvalue weighted by Gasteiger charge is -1.97. The highest BCUT2D eigenvalue weighted by Crippen LogP contribution is 2.34. The zero-order valence-corrected chi connectivity index (χ0v) is 8.72. The Balaban J connectivity index is 2.88. The van der Waals surface area contributed by atoms with Crippen molar-refractivity contribution in [3.63, 3.8) is 0 Å². The maximum absolute atomic E-state index is 10.8. The summed E-state index contributed by atoms with van der Waals surface area (Å²) in [5, 5.41) is 13.7. The number of nitrogens with zero attached hydrogens (tertiary/aromatic N) is 1. The lowest BCUT2D eigenvalue weighted by Crippen LogP contribution is -1.88. The summed E-state index contributed by atoms with van der Waals surface area (Å²) in [5.74, 6) is 0. The minimum atomic E-state index is -0.314. The van der Waals surface area contributed by atoms with Crippen molar-refractivity contribution < 1.29 is 4.92 Å². The summed E-state index contributed by atoms with van der Waals surface area (Å²) in [6.45, 7) is 3.85. The molecule has 0 bridgehead atoms. The second-order valence-corrected chi connectivity index (χ2v) is 4.22. The number of non-ortho nitro benzene ring substituents is 1. The number of hydrogen-bond acceptors (Lipinski definition) is 3. The molecule has 0 atom stereocenters. The fourth-order valence-electron chi connectivity index (χ4n) is 1.52. The number of hydrogen-bond donors (Lipinski definition) is 0. The van der Waals surface area contributed by atoms with Crippen LogP contribution in [-0.2, 0) is 0 Å². The highest BCUT2D eigenvalue weighted by molar-refractivity contribution is 7.18. The second kappa shape index (κ2) is 3.06. The van der Waals surface area contributed by atoms with Crippen molar-refractivity contribution in [1.29, 1.82) is 0 Å². The predicted octanol–water partition coefficient (Wildman–Crippen LogP) is 3.43. The van der Waals surface area contributed by atoms with Crippen LogP contribution in [0.5, 0.6) is 0 Å². The van der Waals surface area contributed by atoms with E-state index in [1.807, 2.05) is 25.3 Å². The Morgan fingerprint density at radius 1 is 1.36 bits per heavy atom. The Bertz CT molecular complexity index is 516. The van der Waals surface area contributed by atoms with Gasteiger partial charge in [-0.15, -0.1) is 11.3 Å². The number of nitro groups is 1. The molecule has 1 aromatic heterocycles. The van der Waals surface area contributed by atoms with Crippen molar-refractivity contribution in [3.05, 3.63) is 38.8 Å². The van der Waals surface area contributed by atoms with E-state index in [9.17, 15) is 10.1 Å². The van der Waals surface area contributed by atoms with Crippen LogP contribution in [0.15, 0.2) is 17.5 Å². The van der Waals surface area contributed by atoms with Gasteiger partial charge in [0.1, 0.15) is 4.70 Å². The molecule has 14 heavy (non-hydrogen) atoms. The standard InChI is InChI=1S/C10H9NO2S/c1-6-3-8-7(2)5-14-10(8)9(4-6)11(12)13/h3-5H,1-2H3. The summed E-state index contributed by atoms with van der Waals surface area (Å²) < 4.78 is 0.776. The van der Waals surface area contributed by atoms with Gasteiger partial charge in [-0.05, 0) is 36.4 Å². The molecule has 3 nitrogen and oxygen atoms in total. The quantitative estimate of drug-likeness (QED) is 0.531. The van der Waals surface area contributed by atoms with Crippen LogP contribution in [0.2, 0.25) is 0 Å². The van der Waals surface area contributed by atoms with Gasteiger partial charge in [-0.2, -0.15) is 0 Å². The largest absolute Gasteiger partial charge is 0.287 e. The lowest BCUT2D eigenvalue weighted by molar-refractivity contribution is -0.382. The van der Waals surface area contributed by atoms with E-state index in [-0.39, 0.29) is 10.6 Å². The van der Waals surface area contributed by atoms with Gasteiger partial charge < -0.3 is 0 Å². The van der Waals surface area contributed by atoms with Crippen LogP contribution in [-0.4, -0.2) is 4.92 Å². The maximum Gasteiger partial charge on any atom is 0.287 e. The van der Waals surface area contributed by atoms with Crippen LogP contribution in [0.25, 0.3) is 10.1 Å². The van der Waals surface area contributed by atoms with Crippen LogP contribution in [0.3, 0.4) is 0 Å². The van der Waals surface area contributed by atoms with E-state index in [4.69, 9.17) is 0 Å². The van der Waals surface area contributed by atoms with Crippen LogP contribution >= 0.6 is 11.3 Å². The van der Waals surface area contributed by atoms with Gasteiger partial charge in [0, 0.05) is 11.5 Å². The molecule has 0 aliphatic heterocycles. The first-order valence-electron chi connectivity index (χ1n) is 4.22. The molecule has 0 saturated carbocycles. The maximum atomic E-state index is 10.8. The van der Waals surface area contributed by atoms with Crippen molar-refractivity contribution >= 4 is 27.1 Å².